The summed E-state index contributed by atoms with van der Waals surface area (Å²) in [6.45, 7) is 8.07. The van der Waals surface area contributed by atoms with E-state index in [4.69, 9.17) is 5.73 Å². The van der Waals surface area contributed by atoms with Gasteiger partial charge in [0.15, 0.2) is 0 Å². The third-order valence-electron chi connectivity index (χ3n) is 3.09. The van der Waals surface area contributed by atoms with Crippen molar-refractivity contribution in [3.05, 3.63) is 0 Å². The lowest BCUT2D eigenvalue weighted by Crippen LogP contribution is -2.41. The largest absolute Gasteiger partial charge is 0.330 e. The Hall–Kier alpha value is -0.0800. The zero-order valence-corrected chi connectivity index (χ0v) is 9.84. The molecule has 1 aliphatic rings. The van der Waals surface area contributed by atoms with Crippen LogP contribution in [0.1, 0.15) is 46.0 Å². The first kappa shape index (κ1) is 12.0. The molecular weight excluding hydrogens is 172 g/mol. The Morgan fingerprint density at radius 3 is 2.79 bits per heavy atom. The number of hydrogen-bond acceptors (Lipinski definition) is 2. The highest BCUT2D eigenvalue weighted by Gasteiger charge is 2.21. The molecule has 2 nitrogen and oxygen atoms in total. The fourth-order valence-electron chi connectivity index (χ4n) is 2.45. The molecule has 1 fully saturated rings. The number of piperidine rings is 1. The molecule has 84 valence electrons. The monoisotopic (exact) mass is 198 g/mol. The van der Waals surface area contributed by atoms with E-state index in [0.717, 1.165) is 18.5 Å². The highest BCUT2D eigenvalue weighted by Crippen LogP contribution is 2.21. The first-order valence-electron chi connectivity index (χ1n) is 6.18. The van der Waals surface area contributed by atoms with Gasteiger partial charge in [0.1, 0.15) is 0 Å². The molecule has 2 N–H and O–H groups in total. The van der Waals surface area contributed by atoms with E-state index in [-0.39, 0.29) is 0 Å². The second-order valence-electron chi connectivity index (χ2n) is 4.97. The number of nitrogens with zero attached hydrogens (tertiary/aromatic N) is 1. The second-order valence-corrected chi connectivity index (χ2v) is 4.97. The van der Waals surface area contributed by atoms with Crippen LogP contribution in [0.5, 0.6) is 0 Å². The molecule has 1 heterocycles. The topological polar surface area (TPSA) is 29.3 Å². The summed E-state index contributed by atoms with van der Waals surface area (Å²) in [5.41, 5.74) is 5.57. The fraction of sp³-hybridized carbons (Fsp3) is 1.00. The van der Waals surface area contributed by atoms with Crippen molar-refractivity contribution in [2.45, 2.75) is 52.0 Å². The molecule has 1 saturated heterocycles. The summed E-state index contributed by atoms with van der Waals surface area (Å²) in [7, 11) is 0. The number of nitrogens with two attached hydrogens (primary N) is 1. The minimum absolute atomic E-state index is 0.800. The summed E-state index contributed by atoms with van der Waals surface area (Å²) < 4.78 is 0. The lowest BCUT2D eigenvalue weighted by Gasteiger charge is -2.36. The summed E-state index contributed by atoms with van der Waals surface area (Å²) in [4.78, 5) is 2.68. The van der Waals surface area contributed by atoms with Gasteiger partial charge in [-0.15, -0.1) is 0 Å². The average Bonchev–Trinajstić information content (AvgIpc) is 2.16. The smallest absolute Gasteiger partial charge is 0.00958 e. The van der Waals surface area contributed by atoms with Gasteiger partial charge in [-0.25, -0.2) is 0 Å². The van der Waals surface area contributed by atoms with Crippen LogP contribution in [0.4, 0.5) is 0 Å². The predicted molar refractivity (Wildman–Crippen MR) is 62.3 cm³/mol. The van der Waals surface area contributed by atoms with Gasteiger partial charge >= 0.3 is 0 Å². The SMILES string of the molecule is CC(C)CN1CCCCC1CCCN. The zero-order chi connectivity index (χ0) is 10.4. The van der Waals surface area contributed by atoms with Gasteiger partial charge in [0.2, 0.25) is 0 Å². The van der Waals surface area contributed by atoms with Crippen molar-refractivity contribution in [3.63, 3.8) is 0 Å². The van der Waals surface area contributed by atoms with Gasteiger partial charge < -0.3 is 10.6 Å². The molecule has 1 rings (SSSR count). The number of likely N-dealkylation sites (tertiary alicyclic amines) is 1. The summed E-state index contributed by atoms with van der Waals surface area (Å²) in [5, 5.41) is 0. The summed E-state index contributed by atoms with van der Waals surface area (Å²) in [5.74, 6) is 0.800. The van der Waals surface area contributed by atoms with Gasteiger partial charge in [-0.05, 0) is 44.7 Å². The van der Waals surface area contributed by atoms with Crippen molar-refractivity contribution in [1.82, 2.24) is 4.90 Å². The van der Waals surface area contributed by atoms with Gasteiger partial charge in [0.25, 0.3) is 0 Å². The molecule has 0 radical (unpaired) electrons. The van der Waals surface area contributed by atoms with Crippen LogP contribution < -0.4 is 5.73 Å². The van der Waals surface area contributed by atoms with Crippen molar-refractivity contribution in [3.8, 4) is 0 Å². The number of hydrogen-bond donors (Lipinski definition) is 1. The quantitative estimate of drug-likeness (QED) is 0.734. The van der Waals surface area contributed by atoms with Crippen molar-refractivity contribution >= 4 is 0 Å². The van der Waals surface area contributed by atoms with Crippen LogP contribution in [0.25, 0.3) is 0 Å². The van der Waals surface area contributed by atoms with E-state index in [1.165, 1.54) is 45.2 Å². The van der Waals surface area contributed by atoms with Gasteiger partial charge in [0, 0.05) is 12.6 Å². The highest BCUT2D eigenvalue weighted by molar-refractivity contribution is 4.77. The van der Waals surface area contributed by atoms with E-state index in [1.54, 1.807) is 0 Å². The Morgan fingerprint density at radius 1 is 1.36 bits per heavy atom. The van der Waals surface area contributed by atoms with Crippen LogP contribution in [0, 0.1) is 5.92 Å². The lowest BCUT2D eigenvalue weighted by atomic mass is 9.97. The van der Waals surface area contributed by atoms with Crippen molar-refractivity contribution < 1.29 is 0 Å². The standard InChI is InChI=1S/C12H26N2/c1-11(2)10-14-9-4-3-6-12(14)7-5-8-13/h11-12H,3-10,13H2,1-2H3. The minimum Gasteiger partial charge on any atom is -0.330 e. The van der Waals surface area contributed by atoms with E-state index in [0.29, 0.717) is 0 Å². The van der Waals surface area contributed by atoms with Gasteiger partial charge in [-0.1, -0.05) is 20.3 Å². The van der Waals surface area contributed by atoms with Crippen molar-refractivity contribution in [2.24, 2.45) is 11.7 Å². The van der Waals surface area contributed by atoms with E-state index in [1.807, 2.05) is 0 Å². The minimum atomic E-state index is 0.800. The molecule has 0 amide bonds. The van der Waals surface area contributed by atoms with Crippen LogP contribution >= 0.6 is 0 Å². The van der Waals surface area contributed by atoms with Crippen molar-refractivity contribution in [2.75, 3.05) is 19.6 Å². The normalized spacial score (nSPS) is 24.4. The molecule has 0 aromatic rings. The highest BCUT2D eigenvalue weighted by atomic mass is 15.2. The first-order chi connectivity index (χ1) is 6.74. The summed E-state index contributed by atoms with van der Waals surface area (Å²) in [6.07, 6.45) is 6.71. The first-order valence-corrected chi connectivity index (χ1v) is 6.18. The van der Waals surface area contributed by atoms with Gasteiger partial charge in [-0.2, -0.15) is 0 Å². The Balaban J connectivity index is 2.33. The molecule has 0 saturated carbocycles. The van der Waals surface area contributed by atoms with Crippen LogP contribution in [-0.2, 0) is 0 Å². The van der Waals surface area contributed by atoms with Crippen LogP contribution in [0.2, 0.25) is 0 Å². The molecule has 0 bridgehead atoms. The Morgan fingerprint density at radius 2 is 2.14 bits per heavy atom. The van der Waals surface area contributed by atoms with Crippen molar-refractivity contribution in [1.29, 1.82) is 0 Å². The number of rotatable bonds is 5. The molecule has 0 spiro atoms. The fourth-order valence-corrected chi connectivity index (χ4v) is 2.45. The Labute approximate surface area is 88.8 Å². The van der Waals surface area contributed by atoms with Gasteiger partial charge in [0.05, 0.1) is 0 Å². The molecule has 1 aliphatic heterocycles. The molecule has 1 unspecified atom stereocenters. The third-order valence-corrected chi connectivity index (χ3v) is 3.09. The van der Waals surface area contributed by atoms with Crippen LogP contribution in [-0.4, -0.2) is 30.6 Å². The third kappa shape index (κ3) is 3.97. The molecule has 0 aliphatic carbocycles. The van der Waals surface area contributed by atoms with E-state index < -0.39 is 0 Å². The molecule has 14 heavy (non-hydrogen) atoms. The molecule has 0 aromatic heterocycles. The second kappa shape index (κ2) is 6.41. The maximum Gasteiger partial charge on any atom is 0.00958 e. The molecule has 2 heteroatoms. The summed E-state index contributed by atoms with van der Waals surface area (Å²) in [6, 6.07) is 0.828. The molecular formula is C12H26N2. The maximum absolute atomic E-state index is 5.57. The zero-order valence-electron chi connectivity index (χ0n) is 9.84. The van der Waals surface area contributed by atoms with E-state index >= 15 is 0 Å². The van der Waals surface area contributed by atoms with Crippen LogP contribution in [0.3, 0.4) is 0 Å². The average molecular weight is 198 g/mol. The lowest BCUT2D eigenvalue weighted by molar-refractivity contribution is 0.124. The molecule has 1 atom stereocenters. The summed E-state index contributed by atoms with van der Waals surface area (Å²) >= 11 is 0. The molecule has 0 aromatic carbocycles. The predicted octanol–water partition coefficient (Wildman–Crippen LogP) is 2.24. The Bertz CT molecular complexity index is 145. The Kier molecular flexibility index (Phi) is 5.49. The van der Waals surface area contributed by atoms with E-state index in [9.17, 15) is 0 Å². The van der Waals surface area contributed by atoms with Gasteiger partial charge in [-0.3, -0.25) is 0 Å². The van der Waals surface area contributed by atoms with Crippen LogP contribution in [0.15, 0.2) is 0 Å². The van der Waals surface area contributed by atoms with E-state index in [2.05, 4.69) is 18.7 Å². The maximum atomic E-state index is 5.57.